The number of hydrogen-bond donors (Lipinski definition) is 1. The van der Waals surface area contributed by atoms with Gasteiger partial charge in [-0.2, -0.15) is 5.26 Å². The molecule has 0 aliphatic heterocycles. The van der Waals surface area contributed by atoms with E-state index in [0.717, 1.165) is 0 Å². The number of halogens is 4. The van der Waals surface area contributed by atoms with Crippen molar-refractivity contribution in [3.05, 3.63) is 90.7 Å². The van der Waals surface area contributed by atoms with Crippen molar-refractivity contribution in [2.45, 2.75) is 13.5 Å². The summed E-state index contributed by atoms with van der Waals surface area (Å²) in [4.78, 5) is 12.6. The Morgan fingerprint density at radius 1 is 1.15 bits per heavy atom. The Labute approximate surface area is 220 Å². The molecule has 3 rings (SSSR count). The van der Waals surface area contributed by atoms with Crippen LogP contribution < -0.4 is 14.8 Å². The SMILES string of the molecule is CCOc1cc(/C=C(\C#N)C(=O)Nc2ccc(Cl)c(Cl)c2)cc(I)c1OCc1cccc(F)c1. The number of carbonyl (C=O) groups is 1. The predicted molar refractivity (Wildman–Crippen MR) is 140 cm³/mol. The third-order valence-electron chi connectivity index (χ3n) is 4.46. The normalized spacial score (nSPS) is 11.0. The second-order valence-electron chi connectivity index (χ2n) is 6.93. The molecule has 1 amide bonds. The minimum atomic E-state index is -0.597. The van der Waals surface area contributed by atoms with Gasteiger partial charge in [-0.05, 0) is 89.2 Å². The highest BCUT2D eigenvalue weighted by Gasteiger charge is 2.15. The summed E-state index contributed by atoms with van der Waals surface area (Å²) in [5.41, 5.74) is 1.55. The van der Waals surface area contributed by atoms with E-state index >= 15 is 0 Å². The molecule has 0 fully saturated rings. The van der Waals surface area contributed by atoms with Crippen LogP contribution in [0.2, 0.25) is 10.0 Å². The minimum absolute atomic E-state index is 0.113. The monoisotopic (exact) mass is 610 g/mol. The van der Waals surface area contributed by atoms with Gasteiger partial charge in [-0.3, -0.25) is 4.79 Å². The van der Waals surface area contributed by atoms with Crippen molar-refractivity contribution in [1.82, 2.24) is 0 Å². The van der Waals surface area contributed by atoms with E-state index in [9.17, 15) is 14.4 Å². The minimum Gasteiger partial charge on any atom is -0.490 e. The first kappa shape index (κ1) is 25.8. The summed E-state index contributed by atoms with van der Waals surface area (Å²) in [7, 11) is 0. The predicted octanol–water partition coefficient (Wildman–Crippen LogP) is 7.26. The Morgan fingerprint density at radius 3 is 2.62 bits per heavy atom. The van der Waals surface area contributed by atoms with Gasteiger partial charge in [-0.1, -0.05) is 35.3 Å². The number of carbonyl (C=O) groups excluding carboxylic acids is 1. The summed E-state index contributed by atoms with van der Waals surface area (Å²) < 4.78 is 25.8. The summed E-state index contributed by atoms with van der Waals surface area (Å²) in [5, 5.41) is 12.8. The number of amides is 1. The number of nitrogens with one attached hydrogen (secondary N) is 1. The van der Waals surface area contributed by atoms with Gasteiger partial charge in [0.05, 0.1) is 20.2 Å². The van der Waals surface area contributed by atoms with E-state index in [2.05, 4.69) is 27.9 Å². The Kier molecular flexibility index (Phi) is 9.16. The maximum absolute atomic E-state index is 13.5. The van der Waals surface area contributed by atoms with Gasteiger partial charge in [0, 0.05) is 5.69 Å². The van der Waals surface area contributed by atoms with Crippen LogP contribution in [0.4, 0.5) is 10.1 Å². The summed E-state index contributed by atoms with van der Waals surface area (Å²) in [5.74, 6) is -0.00774. The molecule has 0 unspecified atom stereocenters. The average Bonchev–Trinajstić information content (AvgIpc) is 2.79. The summed E-state index contributed by atoms with van der Waals surface area (Å²) in [6, 6.07) is 16.1. The van der Waals surface area contributed by atoms with Crippen molar-refractivity contribution < 1.29 is 18.7 Å². The topological polar surface area (TPSA) is 71.3 Å². The summed E-state index contributed by atoms with van der Waals surface area (Å²) in [6.45, 7) is 2.36. The first-order valence-corrected chi connectivity index (χ1v) is 11.9. The van der Waals surface area contributed by atoms with Crippen LogP contribution in [0.15, 0.2) is 60.2 Å². The Balaban J connectivity index is 1.85. The fourth-order valence-corrected chi connectivity index (χ4v) is 4.02. The lowest BCUT2D eigenvalue weighted by Gasteiger charge is -2.15. The van der Waals surface area contributed by atoms with E-state index in [1.54, 1.807) is 36.4 Å². The van der Waals surface area contributed by atoms with Crippen molar-refractivity contribution in [2.24, 2.45) is 0 Å². The zero-order chi connectivity index (χ0) is 24.7. The third-order valence-corrected chi connectivity index (χ3v) is 6.00. The van der Waals surface area contributed by atoms with Gasteiger partial charge in [-0.25, -0.2) is 4.39 Å². The smallest absolute Gasteiger partial charge is 0.266 e. The maximum atomic E-state index is 13.5. The molecule has 34 heavy (non-hydrogen) atoms. The second-order valence-corrected chi connectivity index (χ2v) is 8.91. The van der Waals surface area contributed by atoms with Crippen LogP contribution in [0, 0.1) is 20.7 Å². The van der Waals surface area contributed by atoms with Crippen molar-refractivity contribution in [3.63, 3.8) is 0 Å². The van der Waals surface area contributed by atoms with Crippen molar-refractivity contribution in [2.75, 3.05) is 11.9 Å². The van der Waals surface area contributed by atoms with Crippen LogP contribution in [0.3, 0.4) is 0 Å². The molecular formula is C25H18Cl2FIN2O3. The van der Waals surface area contributed by atoms with Gasteiger partial charge in [0.15, 0.2) is 11.5 Å². The highest BCUT2D eigenvalue weighted by atomic mass is 127. The van der Waals surface area contributed by atoms with Crippen LogP contribution in [-0.2, 0) is 11.4 Å². The van der Waals surface area contributed by atoms with E-state index in [1.165, 1.54) is 24.3 Å². The number of anilines is 1. The molecule has 0 aromatic heterocycles. The number of hydrogen-bond acceptors (Lipinski definition) is 4. The Bertz CT molecular complexity index is 1290. The fourth-order valence-electron chi connectivity index (χ4n) is 2.94. The average molecular weight is 611 g/mol. The molecule has 0 radical (unpaired) electrons. The number of nitrogens with zero attached hydrogens (tertiary/aromatic N) is 1. The molecule has 9 heteroatoms. The molecule has 0 spiro atoms. The van der Waals surface area contributed by atoms with E-state index in [1.807, 2.05) is 13.0 Å². The molecule has 0 aliphatic carbocycles. The Morgan fingerprint density at radius 2 is 1.94 bits per heavy atom. The van der Waals surface area contributed by atoms with E-state index in [0.29, 0.717) is 43.5 Å². The molecule has 0 aliphatic rings. The van der Waals surface area contributed by atoms with Crippen LogP contribution in [0.25, 0.3) is 6.08 Å². The zero-order valence-electron chi connectivity index (χ0n) is 17.9. The first-order valence-electron chi connectivity index (χ1n) is 10.0. The first-order chi connectivity index (χ1) is 16.3. The highest BCUT2D eigenvalue weighted by molar-refractivity contribution is 14.1. The quantitative estimate of drug-likeness (QED) is 0.166. The standard InChI is InChI=1S/C25H18Cl2FIN2O3/c1-2-33-23-11-16(10-22(29)24(23)34-14-15-4-3-5-18(28)9-15)8-17(13-30)25(32)31-19-6-7-20(26)21(27)12-19/h3-12H,2,14H2,1H3,(H,31,32)/b17-8+. The molecule has 0 saturated heterocycles. The molecule has 0 atom stereocenters. The summed E-state index contributed by atoms with van der Waals surface area (Å²) in [6.07, 6.45) is 1.45. The maximum Gasteiger partial charge on any atom is 0.266 e. The molecule has 1 N–H and O–H groups in total. The fraction of sp³-hybridized carbons (Fsp3) is 0.120. The largest absolute Gasteiger partial charge is 0.490 e. The second kappa shape index (κ2) is 12.1. The zero-order valence-corrected chi connectivity index (χ0v) is 21.5. The van der Waals surface area contributed by atoms with E-state index < -0.39 is 5.91 Å². The molecule has 3 aromatic rings. The van der Waals surface area contributed by atoms with Gasteiger partial charge >= 0.3 is 0 Å². The van der Waals surface area contributed by atoms with Crippen molar-refractivity contribution >= 4 is 63.5 Å². The lowest BCUT2D eigenvalue weighted by atomic mass is 10.1. The number of ether oxygens (including phenoxy) is 2. The number of rotatable bonds is 8. The van der Waals surface area contributed by atoms with Gasteiger partial charge in [0.25, 0.3) is 5.91 Å². The highest BCUT2D eigenvalue weighted by Crippen LogP contribution is 2.35. The van der Waals surface area contributed by atoms with Crippen LogP contribution >= 0.6 is 45.8 Å². The molecule has 3 aromatic carbocycles. The number of nitriles is 1. The molecule has 0 saturated carbocycles. The van der Waals surface area contributed by atoms with Crippen LogP contribution in [0.5, 0.6) is 11.5 Å². The van der Waals surface area contributed by atoms with Gasteiger partial charge < -0.3 is 14.8 Å². The Hall–Kier alpha value is -2.80. The number of benzene rings is 3. The van der Waals surface area contributed by atoms with Gasteiger partial charge in [0.2, 0.25) is 0 Å². The summed E-state index contributed by atoms with van der Waals surface area (Å²) >= 11 is 14.0. The van der Waals surface area contributed by atoms with E-state index in [4.69, 9.17) is 32.7 Å². The molecule has 174 valence electrons. The van der Waals surface area contributed by atoms with Gasteiger partial charge in [-0.15, -0.1) is 0 Å². The third kappa shape index (κ3) is 6.86. The molecular weight excluding hydrogens is 593 g/mol. The molecule has 0 bridgehead atoms. The van der Waals surface area contributed by atoms with E-state index in [-0.39, 0.29) is 23.0 Å². The van der Waals surface area contributed by atoms with Crippen molar-refractivity contribution in [3.8, 4) is 17.6 Å². The van der Waals surface area contributed by atoms with Gasteiger partial charge in [0.1, 0.15) is 24.1 Å². The molecule has 0 heterocycles. The van der Waals surface area contributed by atoms with Crippen molar-refractivity contribution in [1.29, 1.82) is 5.26 Å². The van der Waals surface area contributed by atoms with Crippen LogP contribution in [-0.4, -0.2) is 12.5 Å². The molecule has 5 nitrogen and oxygen atoms in total. The lowest BCUT2D eigenvalue weighted by Crippen LogP contribution is -2.13. The lowest BCUT2D eigenvalue weighted by molar-refractivity contribution is -0.112. The van der Waals surface area contributed by atoms with Crippen LogP contribution in [0.1, 0.15) is 18.1 Å².